The lowest BCUT2D eigenvalue weighted by atomic mass is 10.1. The molecule has 1 aromatic rings. The average Bonchev–Trinajstić information content (AvgIpc) is 2.89. The number of hydrogen-bond acceptors (Lipinski definition) is 4. The van der Waals surface area contributed by atoms with Gasteiger partial charge in [-0.25, -0.2) is 0 Å². The van der Waals surface area contributed by atoms with Crippen molar-refractivity contribution in [2.24, 2.45) is 0 Å². The second-order valence-electron chi connectivity index (χ2n) is 6.01. The van der Waals surface area contributed by atoms with Gasteiger partial charge in [-0.1, -0.05) is 13.8 Å². The Morgan fingerprint density at radius 1 is 1.50 bits per heavy atom. The molecule has 1 N–H and O–H groups in total. The smallest absolute Gasteiger partial charge is 0.0750 e. The number of ether oxygens (including phenoxy) is 1. The minimum absolute atomic E-state index is 0.374. The number of hydrogen-bond donors (Lipinski definition) is 1. The molecule has 0 aliphatic carbocycles. The second kappa shape index (κ2) is 7.04. The van der Waals surface area contributed by atoms with Crippen LogP contribution in [0.2, 0.25) is 0 Å². The first-order valence-electron chi connectivity index (χ1n) is 7.58. The van der Waals surface area contributed by atoms with E-state index >= 15 is 0 Å². The van der Waals surface area contributed by atoms with Gasteiger partial charge in [0.05, 0.1) is 6.10 Å². The first kappa shape index (κ1) is 15.3. The molecule has 0 radical (unpaired) electrons. The van der Waals surface area contributed by atoms with Crippen molar-refractivity contribution in [3.8, 4) is 0 Å². The number of likely N-dealkylation sites (N-methyl/N-ethyl adjacent to an activating group) is 1. The van der Waals surface area contributed by atoms with Gasteiger partial charge in [-0.15, -0.1) is 0 Å². The van der Waals surface area contributed by atoms with E-state index < -0.39 is 0 Å². The number of nitrogens with zero attached hydrogens (tertiary/aromatic N) is 2. The normalized spacial score (nSPS) is 18.8. The highest BCUT2D eigenvalue weighted by Crippen LogP contribution is 2.22. The summed E-state index contributed by atoms with van der Waals surface area (Å²) in [5.41, 5.74) is 3.58. The minimum atomic E-state index is 0.374. The molecule has 1 unspecified atom stereocenters. The predicted octanol–water partition coefficient (Wildman–Crippen LogP) is 2.50. The van der Waals surface area contributed by atoms with E-state index in [1.807, 2.05) is 13.1 Å². The van der Waals surface area contributed by atoms with Crippen LogP contribution < -0.4 is 10.2 Å². The van der Waals surface area contributed by atoms with Gasteiger partial charge in [-0.3, -0.25) is 4.98 Å². The number of anilines is 1. The molecule has 4 nitrogen and oxygen atoms in total. The number of nitrogens with one attached hydrogen (secondary N) is 1. The van der Waals surface area contributed by atoms with Crippen molar-refractivity contribution in [3.63, 3.8) is 0 Å². The van der Waals surface area contributed by atoms with Crippen LogP contribution in [0, 0.1) is 6.92 Å². The highest BCUT2D eigenvalue weighted by molar-refractivity contribution is 5.53. The molecule has 1 atom stereocenters. The fraction of sp³-hybridized carbons (Fsp3) is 0.688. The molecule has 0 amide bonds. The van der Waals surface area contributed by atoms with Crippen molar-refractivity contribution in [2.75, 3.05) is 25.1 Å². The maximum Gasteiger partial charge on any atom is 0.0750 e. The Labute approximate surface area is 122 Å². The lowest BCUT2D eigenvalue weighted by molar-refractivity contribution is 0.116. The molecule has 0 saturated carbocycles. The number of pyridine rings is 1. The van der Waals surface area contributed by atoms with Crippen LogP contribution in [0.5, 0.6) is 0 Å². The third kappa shape index (κ3) is 4.18. The Bertz CT molecular complexity index is 428. The van der Waals surface area contributed by atoms with Gasteiger partial charge in [-0.05, 0) is 25.8 Å². The summed E-state index contributed by atoms with van der Waals surface area (Å²) in [7, 11) is 2.15. The molecule has 20 heavy (non-hydrogen) atoms. The Morgan fingerprint density at radius 3 is 2.95 bits per heavy atom. The molecule has 2 rings (SSSR count). The highest BCUT2D eigenvalue weighted by Gasteiger charge is 2.19. The van der Waals surface area contributed by atoms with Gasteiger partial charge in [-0.2, -0.15) is 0 Å². The molecule has 0 bridgehead atoms. The molecular weight excluding hydrogens is 250 g/mol. The average molecular weight is 277 g/mol. The van der Waals surface area contributed by atoms with Crippen LogP contribution in [0.1, 0.15) is 37.9 Å². The van der Waals surface area contributed by atoms with E-state index in [0.717, 1.165) is 25.4 Å². The van der Waals surface area contributed by atoms with Gasteiger partial charge < -0.3 is 15.0 Å². The molecule has 1 aliphatic rings. The van der Waals surface area contributed by atoms with E-state index in [0.29, 0.717) is 12.1 Å². The zero-order valence-corrected chi connectivity index (χ0v) is 13.1. The van der Waals surface area contributed by atoms with Crippen molar-refractivity contribution < 1.29 is 4.74 Å². The predicted molar refractivity (Wildman–Crippen MR) is 83.2 cm³/mol. The summed E-state index contributed by atoms with van der Waals surface area (Å²) in [5, 5.41) is 3.47. The molecule has 1 aliphatic heterocycles. The van der Waals surface area contributed by atoms with Gasteiger partial charge in [0, 0.05) is 55.9 Å². The van der Waals surface area contributed by atoms with E-state index in [4.69, 9.17) is 4.74 Å². The van der Waals surface area contributed by atoms with E-state index in [1.165, 1.54) is 24.1 Å². The summed E-state index contributed by atoms with van der Waals surface area (Å²) in [6.07, 6.45) is 4.73. The van der Waals surface area contributed by atoms with Crippen LogP contribution in [0.4, 0.5) is 5.69 Å². The number of rotatable bonds is 6. The first-order valence-corrected chi connectivity index (χ1v) is 7.58. The minimum Gasteiger partial charge on any atom is -0.376 e. The van der Waals surface area contributed by atoms with Crippen LogP contribution in [-0.2, 0) is 11.3 Å². The summed E-state index contributed by atoms with van der Waals surface area (Å²) in [6, 6.07) is 2.65. The molecule has 1 aromatic heterocycles. The van der Waals surface area contributed by atoms with Crippen molar-refractivity contribution in [1.82, 2.24) is 10.3 Å². The van der Waals surface area contributed by atoms with E-state index in [1.54, 1.807) is 0 Å². The summed E-state index contributed by atoms with van der Waals surface area (Å²) in [6.45, 7) is 9.10. The topological polar surface area (TPSA) is 37.4 Å². The third-order valence-corrected chi connectivity index (χ3v) is 3.71. The van der Waals surface area contributed by atoms with Crippen LogP contribution in [0.25, 0.3) is 0 Å². The summed E-state index contributed by atoms with van der Waals surface area (Å²) < 4.78 is 5.74. The molecular formula is C16H27N3O. The summed E-state index contributed by atoms with van der Waals surface area (Å²) in [5.74, 6) is 0. The van der Waals surface area contributed by atoms with Crippen molar-refractivity contribution in [1.29, 1.82) is 0 Å². The number of aromatic nitrogens is 1. The Kier molecular flexibility index (Phi) is 5.38. The molecule has 112 valence electrons. The molecule has 0 aromatic carbocycles. The van der Waals surface area contributed by atoms with Crippen LogP contribution >= 0.6 is 0 Å². The Balaban J connectivity index is 2.08. The lowest BCUT2D eigenvalue weighted by Crippen LogP contribution is -2.30. The summed E-state index contributed by atoms with van der Waals surface area (Å²) in [4.78, 5) is 6.74. The molecule has 4 heteroatoms. The van der Waals surface area contributed by atoms with Crippen LogP contribution in [0.15, 0.2) is 12.3 Å². The first-order chi connectivity index (χ1) is 9.56. The lowest BCUT2D eigenvalue weighted by Gasteiger charge is -2.25. The van der Waals surface area contributed by atoms with Gasteiger partial charge in [0.25, 0.3) is 0 Å². The fourth-order valence-electron chi connectivity index (χ4n) is 2.57. The van der Waals surface area contributed by atoms with Crippen molar-refractivity contribution in [2.45, 2.75) is 52.3 Å². The van der Waals surface area contributed by atoms with Gasteiger partial charge >= 0.3 is 0 Å². The fourth-order valence-corrected chi connectivity index (χ4v) is 2.57. The molecule has 2 heterocycles. The molecule has 1 fully saturated rings. The maximum absolute atomic E-state index is 5.74. The van der Waals surface area contributed by atoms with Crippen LogP contribution in [0.3, 0.4) is 0 Å². The maximum atomic E-state index is 5.74. The number of aryl methyl sites for hydroxylation is 1. The quantitative estimate of drug-likeness (QED) is 0.867. The van der Waals surface area contributed by atoms with Gasteiger partial charge in [0.15, 0.2) is 0 Å². The Morgan fingerprint density at radius 2 is 2.30 bits per heavy atom. The standard InChI is InChI=1S/C16H27N3O/c1-12(2)17-9-14-10-18-13(3)8-16(14)19(4)11-15-6-5-7-20-15/h8,10,12,15,17H,5-7,9,11H2,1-4H3. The van der Waals surface area contributed by atoms with Crippen molar-refractivity contribution in [3.05, 3.63) is 23.5 Å². The monoisotopic (exact) mass is 277 g/mol. The van der Waals surface area contributed by atoms with Gasteiger partial charge in [0.1, 0.15) is 0 Å². The SMILES string of the molecule is Cc1cc(N(C)CC2CCCO2)c(CNC(C)C)cn1. The largest absolute Gasteiger partial charge is 0.376 e. The van der Waals surface area contributed by atoms with Gasteiger partial charge in [0.2, 0.25) is 0 Å². The van der Waals surface area contributed by atoms with Crippen molar-refractivity contribution >= 4 is 5.69 Å². The zero-order valence-electron chi connectivity index (χ0n) is 13.1. The Hall–Kier alpha value is -1.13. The zero-order chi connectivity index (χ0) is 14.5. The third-order valence-electron chi connectivity index (χ3n) is 3.71. The second-order valence-corrected chi connectivity index (χ2v) is 6.01. The van der Waals surface area contributed by atoms with E-state index in [-0.39, 0.29) is 0 Å². The molecule has 0 spiro atoms. The molecule has 1 saturated heterocycles. The summed E-state index contributed by atoms with van der Waals surface area (Å²) >= 11 is 0. The van der Waals surface area contributed by atoms with E-state index in [9.17, 15) is 0 Å². The van der Waals surface area contributed by atoms with E-state index in [2.05, 4.69) is 42.2 Å². The van der Waals surface area contributed by atoms with Crippen LogP contribution in [-0.4, -0.2) is 37.3 Å². The highest BCUT2D eigenvalue weighted by atomic mass is 16.5.